The van der Waals surface area contributed by atoms with Gasteiger partial charge in [-0.15, -0.1) is 0 Å². The van der Waals surface area contributed by atoms with Gasteiger partial charge in [-0.3, -0.25) is 14.9 Å². The van der Waals surface area contributed by atoms with E-state index in [4.69, 9.17) is 9.47 Å². The number of carbonyl (C=O) groups excluding carboxylic acids is 1. The minimum absolute atomic E-state index is 0.0518. The fourth-order valence-corrected chi connectivity index (χ4v) is 5.36. The lowest BCUT2D eigenvalue weighted by atomic mass is 9.93. The number of morpholine rings is 1. The Morgan fingerprint density at radius 3 is 2.48 bits per heavy atom. The molecular formula is C27H25N3O3. The van der Waals surface area contributed by atoms with Crippen LogP contribution in [0.3, 0.4) is 0 Å². The molecule has 2 aromatic carbocycles. The van der Waals surface area contributed by atoms with E-state index in [0.29, 0.717) is 26.2 Å². The van der Waals surface area contributed by atoms with Crippen molar-refractivity contribution in [1.82, 2.24) is 14.9 Å². The quantitative estimate of drug-likeness (QED) is 0.597. The number of carbonyl (C=O) groups is 1. The predicted molar refractivity (Wildman–Crippen MR) is 125 cm³/mol. The minimum atomic E-state index is -0.277. The molecule has 0 saturated carbocycles. The number of fused-ring (bicyclic) bond motifs is 5. The Labute approximate surface area is 192 Å². The minimum Gasteiger partial charge on any atom is -0.448 e. The highest BCUT2D eigenvalue weighted by Crippen LogP contribution is 2.44. The molecule has 2 bridgehead atoms. The molecule has 2 unspecified atom stereocenters. The van der Waals surface area contributed by atoms with Gasteiger partial charge >= 0.3 is 6.09 Å². The molecule has 6 heteroatoms. The first-order valence-electron chi connectivity index (χ1n) is 11.4. The number of ether oxygens (including phenoxy) is 2. The highest BCUT2D eigenvalue weighted by atomic mass is 16.6. The van der Waals surface area contributed by atoms with Gasteiger partial charge in [-0.2, -0.15) is 0 Å². The molecule has 6 rings (SSSR count). The number of hydrogen-bond donors (Lipinski definition) is 0. The number of nitrogens with zero attached hydrogens (tertiary/aromatic N) is 3. The van der Waals surface area contributed by atoms with E-state index in [2.05, 4.69) is 52.4 Å². The number of aryl methyl sites for hydroxylation is 1. The second-order valence-corrected chi connectivity index (χ2v) is 8.91. The van der Waals surface area contributed by atoms with Gasteiger partial charge in [-0.05, 0) is 41.2 Å². The normalized spacial score (nSPS) is 21.2. The Bertz CT molecular complexity index is 1210. The van der Waals surface area contributed by atoms with E-state index in [1.807, 2.05) is 24.0 Å². The average Bonchev–Trinajstić information content (AvgIpc) is 3.15. The summed E-state index contributed by atoms with van der Waals surface area (Å²) in [5.41, 5.74) is 7.76. The van der Waals surface area contributed by atoms with Gasteiger partial charge in [0, 0.05) is 12.1 Å². The van der Waals surface area contributed by atoms with Crippen molar-refractivity contribution in [1.29, 1.82) is 0 Å². The van der Waals surface area contributed by atoms with Crippen molar-refractivity contribution >= 4 is 11.7 Å². The summed E-state index contributed by atoms with van der Waals surface area (Å²) in [5.74, 6) is 0.0518. The van der Waals surface area contributed by atoms with Crippen molar-refractivity contribution in [2.45, 2.75) is 31.3 Å². The number of rotatable bonds is 3. The topological polar surface area (TPSA) is 64.5 Å². The van der Waals surface area contributed by atoms with Crippen LogP contribution in [-0.2, 0) is 9.47 Å². The van der Waals surface area contributed by atoms with Crippen LogP contribution in [0.1, 0.15) is 34.9 Å². The van der Waals surface area contributed by atoms with E-state index in [9.17, 15) is 4.79 Å². The zero-order chi connectivity index (χ0) is 22.4. The molecule has 2 aliphatic heterocycles. The maximum atomic E-state index is 13.3. The van der Waals surface area contributed by atoms with E-state index in [1.165, 1.54) is 22.3 Å². The number of benzene rings is 2. The standard InChI is InChI=1S/C27H25N3O3/c1-17-12-28-13-26(29-17)18-10-19-14-32-15-20(11-18)30(19)27(31)33-16-25-23-8-4-2-6-21(23)22-7-3-5-9-24(22)25/h2-10,12-13,19-20,25H,11,14-16H2,1H3. The molecule has 3 heterocycles. The van der Waals surface area contributed by atoms with Gasteiger partial charge in [0.25, 0.3) is 0 Å². The summed E-state index contributed by atoms with van der Waals surface area (Å²) in [7, 11) is 0. The summed E-state index contributed by atoms with van der Waals surface area (Å²) >= 11 is 0. The molecule has 33 heavy (non-hydrogen) atoms. The van der Waals surface area contributed by atoms with E-state index in [1.54, 1.807) is 12.4 Å². The van der Waals surface area contributed by atoms with Crippen LogP contribution in [-0.4, -0.2) is 52.9 Å². The Hall–Kier alpha value is -3.51. The number of amides is 1. The maximum absolute atomic E-state index is 13.3. The van der Waals surface area contributed by atoms with Crippen molar-refractivity contribution in [3.05, 3.63) is 89.5 Å². The van der Waals surface area contributed by atoms with E-state index >= 15 is 0 Å². The summed E-state index contributed by atoms with van der Waals surface area (Å²) in [4.78, 5) is 24.0. The second-order valence-electron chi connectivity index (χ2n) is 8.91. The van der Waals surface area contributed by atoms with Crippen molar-refractivity contribution in [3.63, 3.8) is 0 Å². The van der Waals surface area contributed by atoms with E-state index < -0.39 is 0 Å². The SMILES string of the molecule is Cc1cncc(C2=CC3COCC(C2)N3C(=O)OCC2c3ccccc3-c3ccccc32)n1. The highest BCUT2D eigenvalue weighted by Gasteiger charge is 2.40. The third-order valence-electron chi connectivity index (χ3n) is 6.83. The predicted octanol–water partition coefficient (Wildman–Crippen LogP) is 4.59. The molecule has 1 aliphatic carbocycles. The summed E-state index contributed by atoms with van der Waals surface area (Å²) in [5, 5.41) is 0. The fourth-order valence-electron chi connectivity index (χ4n) is 5.36. The zero-order valence-corrected chi connectivity index (χ0v) is 18.5. The van der Waals surface area contributed by atoms with Gasteiger partial charge in [-0.1, -0.05) is 54.6 Å². The Morgan fingerprint density at radius 2 is 1.79 bits per heavy atom. The molecule has 1 aromatic heterocycles. The molecule has 3 aromatic rings. The van der Waals surface area contributed by atoms with Gasteiger partial charge in [0.1, 0.15) is 6.61 Å². The van der Waals surface area contributed by atoms with Gasteiger partial charge in [0.05, 0.1) is 42.9 Å². The smallest absolute Gasteiger partial charge is 0.410 e. The van der Waals surface area contributed by atoms with Crippen molar-refractivity contribution in [2.75, 3.05) is 19.8 Å². The van der Waals surface area contributed by atoms with Gasteiger partial charge in [0.2, 0.25) is 0 Å². The van der Waals surface area contributed by atoms with Crippen LogP contribution in [0.25, 0.3) is 16.7 Å². The van der Waals surface area contributed by atoms with Crippen molar-refractivity contribution in [2.24, 2.45) is 0 Å². The molecule has 0 radical (unpaired) electrons. The first-order chi connectivity index (χ1) is 16.2. The summed E-state index contributed by atoms with van der Waals surface area (Å²) < 4.78 is 11.7. The highest BCUT2D eigenvalue weighted by molar-refractivity contribution is 5.79. The third kappa shape index (κ3) is 3.51. The molecule has 166 valence electrons. The molecule has 0 spiro atoms. The number of hydrogen-bond acceptors (Lipinski definition) is 5. The first kappa shape index (κ1) is 20.1. The molecule has 1 saturated heterocycles. The Balaban J connectivity index is 1.22. The zero-order valence-electron chi connectivity index (χ0n) is 18.5. The van der Waals surface area contributed by atoms with Crippen LogP contribution < -0.4 is 0 Å². The Morgan fingerprint density at radius 1 is 1.06 bits per heavy atom. The molecule has 1 fully saturated rings. The van der Waals surface area contributed by atoms with Crippen molar-refractivity contribution < 1.29 is 14.3 Å². The third-order valence-corrected chi connectivity index (χ3v) is 6.83. The molecule has 0 N–H and O–H groups in total. The molecule has 6 nitrogen and oxygen atoms in total. The molecule has 2 atom stereocenters. The van der Waals surface area contributed by atoms with Crippen LogP contribution in [0.4, 0.5) is 4.79 Å². The lowest BCUT2D eigenvalue weighted by Crippen LogP contribution is -2.56. The van der Waals surface area contributed by atoms with Crippen LogP contribution in [0.2, 0.25) is 0 Å². The average molecular weight is 440 g/mol. The number of aromatic nitrogens is 2. The van der Waals surface area contributed by atoms with E-state index in [-0.39, 0.29) is 24.1 Å². The van der Waals surface area contributed by atoms with Crippen LogP contribution in [0, 0.1) is 6.92 Å². The monoisotopic (exact) mass is 439 g/mol. The molecular weight excluding hydrogens is 414 g/mol. The van der Waals surface area contributed by atoms with E-state index in [0.717, 1.165) is 17.0 Å². The van der Waals surface area contributed by atoms with Gasteiger partial charge in [0.15, 0.2) is 0 Å². The van der Waals surface area contributed by atoms with Crippen LogP contribution >= 0.6 is 0 Å². The van der Waals surface area contributed by atoms with Crippen LogP contribution in [0.5, 0.6) is 0 Å². The lowest BCUT2D eigenvalue weighted by molar-refractivity contribution is -0.0332. The first-order valence-corrected chi connectivity index (χ1v) is 11.4. The summed E-state index contributed by atoms with van der Waals surface area (Å²) in [6, 6.07) is 16.5. The fraction of sp³-hybridized carbons (Fsp3) is 0.296. The lowest BCUT2D eigenvalue weighted by Gasteiger charge is -2.43. The van der Waals surface area contributed by atoms with Crippen LogP contribution in [0.15, 0.2) is 67.0 Å². The summed E-state index contributed by atoms with van der Waals surface area (Å²) in [6.45, 7) is 3.22. The van der Waals surface area contributed by atoms with Crippen molar-refractivity contribution in [3.8, 4) is 11.1 Å². The largest absolute Gasteiger partial charge is 0.448 e. The summed E-state index contributed by atoms with van der Waals surface area (Å²) in [6.07, 6.45) is 6.03. The second kappa shape index (κ2) is 8.12. The van der Waals surface area contributed by atoms with Gasteiger partial charge in [-0.25, -0.2) is 4.79 Å². The molecule has 3 aliphatic rings. The Kier molecular flexibility index (Phi) is 4.95. The maximum Gasteiger partial charge on any atom is 0.410 e. The van der Waals surface area contributed by atoms with Gasteiger partial charge < -0.3 is 9.47 Å². The molecule has 1 amide bonds.